The molecule has 0 radical (unpaired) electrons. The molecule has 2 aliphatic carbocycles. The highest BCUT2D eigenvalue weighted by atomic mass is 16.6. The first-order valence-corrected chi connectivity index (χ1v) is 9.67. The molecule has 156 valence electrons. The fraction of sp³-hybridized carbons (Fsp3) is 0.842. The van der Waals surface area contributed by atoms with Gasteiger partial charge in [0, 0.05) is 0 Å². The normalized spacial score (nSPS) is 21.2. The van der Waals surface area contributed by atoms with Crippen LogP contribution in [0, 0.1) is 0 Å². The number of alkyl carbamates (subject to hydrolysis) is 1. The van der Waals surface area contributed by atoms with Crippen LogP contribution in [-0.4, -0.2) is 44.9 Å². The van der Waals surface area contributed by atoms with Crippen molar-refractivity contribution in [2.45, 2.75) is 102 Å². The van der Waals surface area contributed by atoms with E-state index in [0.717, 1.165) is 38.5 Å². The van der Waals surface area contributed by atoms with Crippen molar-refractivity contribution in [3.05, 3.63) is 0 Å². The topological polar surface area (TPSA) is 139 Å². The van der Waals surface area contributed by atoms with E-state index in [0.29, 0.717) is 25.7 Å². The van der Waals surface area contributed by atoms with Crippen LogP contribution in [0.3, 0.4) is 0 Å². The zero-order chi connectivity index (χ0) is 20.7. The molecule has 0 heterocycles. The van der Waals surface area contributed by atoms with Gasteiger partial charge < -0.3 is 26.0 Å². The van der Waals surface area contributed by atoms with Crippen LogP contribution in [0.5, 0.6) is 0 Å². The molecule has 5 N–H and O–H groups in total. The van der Waals surface area contributed by atoms with E-state index in [1.165, 1.54) is 0 Å². The number of carbonyl (C=O) groups is 3. The number of amides is 1. The monoisotopic (exact) mass is 386 g/mol. The number of ether oxygens (including phenoxy) is 1. The van der Waals surface area contributed by atoms with Gasteiger partial charge in [0.05, 0.1) is 0 Å². The molecule has 2 aliphatic rings. The van der Waals surface area contributed by atoms with Crippen molar-refractivity contribution >= 4 is 18.0 Å². The highest BCUT2D eigenvalue weighted by Crippen LogP contribution is 2.29. The first-order valence-electron chi connectivity index (χ1n) is 9.67. The zero-order valence-corrected chi connectivity index (χ0v) is 16.7. The van der Waals surface area contributed by atoms with Gasteiger partial charge in [-0.3, -0.25) is 4.79 Å². The van der Waals surface area contributed by atoms with E-state index in [9.17, 15) is 19.5 Å². The van der Waals surface area contributed by atoms with Gasteiger partial charge in [-0.2, -0.15) is 0 Å². The standard InChI is InChI=1S/C12H21NO4.C7H13NO2/c1-11(2,3)17-10(16)13-12(9(14)15)7-5-4-6-8-12;8-7(6(9)10)4-2-1-3-5-7/h4-8H2,1-3H3,(H,13,16)(H,14,15);1-5,8H2,(H,9,10). The Labute approximate surface area is 160 Å². The van der Waals surface area contributed by atoms with Crippen molar-refractivity contribution < 1.29 is 29.3 Å². The molecule has 0 aromatic carbocycles. The molecule has 8 nitrogen and oxygen atoms in total. The molecule has 0 spiro atoms. The fourth-order valence-electron chi connectivity index (χ4n) is 3.44. The summed E-state index contributed by atoms with van der Waals surface area (Å²) in [5.41, 5.74) is 2.95. The van der Waals surface area contributed by atoms with E-state index in [4.69, 9.17) is 15.6 Å². The van der Waals surface area contributed by atoms with Crippen LogP contribution in [0.4, 0.5) is 4.79 Å². The first-order chi connectivity index (χ1) is 12.4. The van der Waals surface area contributed by atoms with Crippen LogP contribution in [0.2, 0.25) is 0 Å². The SMILES string of the molecule is CC(C)(C)OC(=O)NC1(C(=O)O)CCCCC1.NC1(C(=O)O)CCCCC1. The van der Waals surface area contributed by atoms with E-state index in [1.807, 2.05) is 0 Å². The first kappa shape index (κ1) is 23.2. The largest absolute Gasteiger partial charge is 0.480 e. The number of hydrogen-bond donors (Lipinski definition) is 4. The van der Waals surface area contributed by atoms with Crippen LogP contribution in [0.15, 0.2) is 0 Å². The fourth-order valence-corrected chi connectivity index (χ4v) is 3.44. The Morgan fingerprint density at radius 1 is 0.852 bits per heavy atom. The molecule has 2 fully saturated rings. The molecule has 0 aliphatic heterocycles. The summed E-state index contributed by atoms with van der Waals surface area (Å²) in [6.07, 6.45) is 7.29. The smallest absolute Gasteiger partial charge is 0.408 e. The number of carboxylic acid groups (broad SMARTS) is 2. The molecule has 1 amide bonds. The van der Waals surface area contributed by atoms with Gasteiger partial charge in [0.2, 0.25) is 0 Å². The van der Waals surface area contributed by atoms with E-state index in [2.05, 4.69) is 5.32 Å². The van der Waals surface area contributed by atoms with Crippen LogP contribution in [-0.2, 0) is 14.3 Å². The lowest BCUT2D eigenvalue weighted by atomic mass is 9.82. The Balaban J connectivity index is 0.000000309. The van der Waals surface area contributed by atoms with Gasteiger partial charge >= 0.3 is 18.0 Å². The maximum absolute atomic E-state index is 11.6. The van der Waals surface area contributed by atoms with Crippen molar-refractivity contribution in [2.24, 2.45) is 5.73 Å². The van der Waals surface area contributed by atoms with Gasteiger partial charge in [0.1, 0.15) is 16.7 Å². The number of nitrogens with one attached hydrogen (secondary N) is 1. The number of aliphatic carboxylic acids is 2. The van der Waals surface area contributed by atoms with Gasteiger partial charge in [-0.25, -0.2) is 9.59 Å². The number of hydrogen-bond acceptors (Lipinski definition) is 5. The highest BCUT2D eigenvalue weighted by molar-refractivity contribution is 5.84. The van der Waals surface area contributed by atoms with E-state index in [-0.39, 0.29) is 0 Å². The summed E-state index contributed by atoms with van der Waals surface area (Å²) in [4.78, 5) is 33.5. The molecule has 8 heteroatoms. The second-order valence-corrected chi connectivity index (χ2v) is 8.60. The van der Waals surface area contributed by atoms with Crippen molar-refractivity contribution in [1.82, 2.24) is 5.32 Å². The molecule has 0 atom stereocenters. The quantitative estimate of drug-likeness (QED) is 0.584. The highest BCUT2D eigenvalue weighted by Gasteiger charge is 2.42. The van der Waals surface area contributed by atoms with E-state index in [1.54, 1.807) is 20.8 Å². The number of rotatable bonds is 3. The summed E-state index contributed by atoms with van der Waals surface area (Å²) in [6, 6.07) is 0. The lowest BCUT2D eigenvalue weighted by molar-refractivity contribution is -0.146. The van der Waals surface area contributed by atoms with E-state index < -0.39 is 34.7 Å². The molecule has 0 aromatic rings. The predicted molar refractivity (Wildman–Crippen MR) is 100 cm³/mol. The molecule has 0 saturated heterocycles. The lowest BCUT2D eigenvalue weighted by Gasteiger charge is -2.34. The van der Waals surface area contributed by atoms with Crippen molar-refractivity contribution in [1.29, 1.82) is 0 Å². The van der Waals surface area contributed by atoms with Gasteiger partial charge in [0.25, 0.3) is 0 Å². The minimum Gasteiger partial charge on any atom is -0.480 e. The maximum Gasteiger partial charge on any atom is 0.408 e. The second kappa shape index (κ2) is 9.39. The van der Waals surface area contributed by atoms with Crippen molar-refractivity contribution in [3.8, 4) is 0 Å². The minimum atomic E-state index is -1.14. The van der Waals surface area contributed by atoms with Crippen LogP contribution < -0.4 is 11.1 Å². The average molecular weight is 386 g/mol. The van der Waals surface area contributed by atoms with Gasteiger partial charge in [-0.05, 0) is 46.5 Å². The molecule has 0 unspecified atom stereocenters. The molecule has 0 bridgehead atoms. The van der Waals surface area contributed by atoms with Crippen molar-refractivity contribution in [3.63, 3.8) is 0 Å². The Morgan fingerprint density at radius 2 is 1.30 bits per heavy atom. The third kappa shape index (κ3) is 7.36. The number of nitrogens with two attached hydrogens (primary N) is 1. The van der Waals surface area contributed by atoms with E-state index >= 15 is 0 Å². The summed E-state index contributed by atoms with van der Waals surface area (Å²) in [5, 5.41) is 20.5. The van der Waals surface area contributed by atoms with Crippen molar-refractivity contribution in [2.75, 3.05) is 0 Å². The Bertz CT molecular complexity index is 529. The maximum atomic E-state index is 11.6. The molecular weight excluding hydrogens is 352 g/mol. The third-order valence-electron chi connectivity index (χ3n) is 5.03. The lowest BCUT2D eigenvalue weighted by Crippen LogP contribution is -2.56. The Morgan fingerprint density at radius 3 is 1.63 bits per heavy atom. The van der Waals surface area contributed by atoms with Gasteiger partial charge in [0.15, 0.2) is 0 Å². The summed E-state index contributed by atoms with van der Waals surface area (Å²) in [7, 11) is 0. The second-order valence-electron chi connectivity index (χ2n) is 8.60. The summed E-state index contributed by atoms with van der Waals surface area (Å²) in [5.74, 6) is -1.81. The molecule has 2 rings (SSSR count). The molecule has 27 heavy (non-hydrogen) atoms. The predicted octanol–water partition coefficient (Wildman–Crippen LogP) is 3.03. The summed E-state index contributed by atoms with van der Waals surface area (Å²) in [6.45, 7) is 5.25. The molecule has 2 saturated carbocycles. The van der Waals surface area contributed by atoms with Crippen LogP contribution in [0.1, 0.15) is 85.0 Å². The minimum absolute atomic E-state index is 0.474. The van der Waals surface area contributed by atoms with Crippen LogP contribution in [0.25, 0.3) is 0 Å². The number of carbonyl (C=O) groups excluding carboxylic acids is 1. The zero-order valence-electron chi connectivity index (χ0n) is 16.7. The van der Waals surface area contributed by atoms with Gasteiger partial charge in [-0.15, -0.1) is 0 Å². The third-order valence-corrected chi connectivity index (χ3v) is 5.03. The Hall–Kier alpha value is -1.83. The summed E-state index contributed by atoms with van der Waals surface area (Å²) >= 11 is 0. The summed E-state index contributed by atoms with van der Waals surface area (Å²) < 4.78 is 5.10. The molecular formula is C19H34N2O6. The Kier molecular flexibility index (Phi) is 8.07. The average Bonchev–Trinajstić information content (AvgIpc) is 2.55. The number of carboxylic acids is 2. The van der Waals surface area contributed by atoms with Crippen LogP contribution >= 0.6 is 0 Å². The molecule has 0 aromatic heterocycles. The van der Waals surface area contributed by atoms with Gasteiger partial charge in [-0.1, -0.05) is 38.5 Å².